The summed E-state index contributed by atoms with van der Waals surface area (Å²) in [5, 5.41) is 4.56. The van der Waals surface area contributed by atoms with E-state index in [1.54, 1.807) is 12.1 Å². The van der Waals surface area contributed by atoms with Crippen LogP contribution in [0.5, 0.6) is 0 Å². The monoisotopic (exact) mass is 321 g/mol. The first-order chi connectivity index (χ1) is 11.8. The number of hydrogen-bond acceptors (Lipinski definition) is 3. The van der Waals surface area contributed by atoms with Gasteiger partial charge in [0.1, 0.15) is 5.82 Å². The van der Waals surface area contributed by atoms with E-state index < -0.39 is 0 Å². The molecule has 0 bridgehead atoms. The SMILES string of the molecule is Fc1ccc(C(c2ccnc3ccccc23)N2CCNCC2)cc1. The van der Waals surface area contributed by atoms with Crippen molar-refractivity contribution in [1.82, 2.24) is 15.2 Å². The number of rotatable bonds is 3. The Morgan fingerprint density at radius 2 is 1.71 bits per heavy atom. The Labute approximate surface area is 141 Å². The van der Waals surface area contributed by atoms with Gasteiger partial charge in [-0.1, -0.05) is 30.3 Å². The van der Waals surface area contributed by atoms with Crippen molar-refractivity contribution in [3.63, 3.8) is 0 Å². The average molecular weight is 321 g/mol. The maximum atomic E-state index is 13.4. The smallest absolute Gasteiger partial charge is 0.123 e. The zero-order chi connectivity index (χ0) is 16.4. The Bertz CT molecular complexity index is 820. The summed E-state index contributed by atoms with van der Waals surface area (Å²) in [4.78, 5) is 6.95. The van der Waals surface area contributed by atoms with Gasteiger partial charge in [-0.2, -0.15) is 0 Å². The van der Waals surface area contributed by atoms with Gasteiger partial charge in [-0.3, -0.25) is 9.88 Å². The number of halogens is 1. The minimum Gasteiger partial charge on any atom is -0.314 e. The predicted molar refractivity (Wildman–Crippen MR) is 94.4 cm³/mol. The van der Waals surface area contributed by atoms with Crippen molar-refractivity contribution in [3.05, 3.63) is 77.7 Å². The highest BCUT2D eigenvalue weighted by molar-refractivity contribution is 5.82. The topological polar surface area (TPSA) is 28.2 Å². The number of nitrogens with zero attached hydrogens (tertiary/aromatic N) is 2. The van der Waals surface area contributed by atoms with Gasteiger partial charge in [-0.25, -0.2) is 4.39 Å². The van der Waals surface area contributed by atoms with E-state index in [-0.39, 0.29) is 11.9 Å². The van der Waals surface area contributed by atoms with Gasteiger partial charge in [0.05, 0.1) is 11.6 Å². The molecule has 1 unspecified atom stereocenters. The molecule has 24 heavy (non-hydrogen) atoms. The highest BCUT2D eigenvalue weighted by atomic mass is 19.1. The maximum absolute atomic E-state index is 13.4. The van der Waals surface area contributed by atoms with Gasteiger partial charge in [0.25, 0.3) is 0 Å². The van der Waals surface area contributed by atoms with Crippen LogP contribution in [0.1, 0.15) is 17.2 Å². The number of piperazine rings is 1. The van der Waals surface area contributed by atoms with Crippen molar-refractivity contribution in [3.8, 4) is 0 Å². The molecule has 2 aromatic carbocycles. The Kier molecular flexibility index (Phi) is 4.24. The molecule has 0 saturated carbocycles. The maximum Gasteiger partial charge on any atom is 0.123 e. The highest BCUT2D eigenvalue weighted by Gasteiger charge is 2.25. The standard InChI is InChI=1S/C20H20FN3/c21-16-7-5-15(6-8-16)20(24-13-11-22-12-14-24)18-9-10-23-19-4-2-1-3-17(18)19/h1-10,20,22H,11-14H2. The van der Waals surface area contributed by atoms with Crippen LogP contribution in [0.25, 0.3) is 10.9 Å². The molecule has 1 aliphatic rings. The van der Waals surface area contributed by atoms with Crippen LogP contribution in [0.3, 0.4) is 0 Å². The van der Waals surface area contributed by atoms with Crippen molar-refractivity contribution < 1.29 is 4.39 Å². The third-order valence-electron chi connectivity index (χ3n) is 4.68. The predicted octanol–water partition coefficient (Wildman–Crippen LogP) is 3.37. The van der Waals surface area contributed by atoms with Gasteiger partial charge in [0, 0.05) is 37.8 Å². The second kappa shape index (κ2) is 6.67. The number of fused-ring (bicyclic) bond motifs is 1. The molecule has 3 aromatic rings. The molecule has 1 N–H and O–H groups in total. The zero-order valence-electron chi connectivity index (χ0n) is 13.5. The summed E-state index contributed by atoms with van der Waals surface area (Å²) >= 11 is 0. The summed E-state index contributed by atoms with van der Waals surface area (Å²) in [6.45, 7) is 3.89. The molecule has 0 radical (unpaired) electrons. The molecule has 1 aromatic heterocycles. The Hall–Kier alpha value is -2.30. The fourth-order valence-corrected chi connectivity index (χ4v) is 3.53. The molecular weight excluding hydrogens is 301 g/mol. The van der Waals surface area contributed by atoms with E-state index in [0.29, 0.717) is 0 Å². The summed E-state index contributed by atoms with van der Waals surface area (Å²) in [7, 11) is 0. The number of para-hydroxylation sites is 1. The summed E-state index contributed by atoms with van der Waals surface area (Å²) in [6, 6.07) is 17.3. The van der Waals surface area contributed by atoms with E-state index in [9.17, 15) is 4.39 Å². The lowest BCUT2D eigenvalue weighted by Gasteiger charge is -2.36. The fourth-order valence-electron chi connectivity index (χ4n) is 3.53. The Balaban J connectivity index is 1.86. The van der Waals surface area contributed by atoms with Gasteiger partial charge >= 0.3 is 0 Å². The first-order valence-electron chi connectivity index (χ1n) is 8.37. The second-order valence-corrected chi connectivity index (χ2v) is 6.16. The summed E-state index contributed by atoms with van der Waals surface area (Å²) < 4.78 is 13.4. The lowest BCUT2D eigenvalue weighted by Crippen LogP contribution is -2.45. The number of hydrogen-bond donors (Lipinski definition) is 1. The average Bonchev–Trinajstić information content (AvgIpc) is 2.65. The molecule has 122 valence electrons. The largest absolute Gasteiger partial charge is 0.314 e. The van der Waals surface area contributed by atoms with Gasteiger partial charge in [-0.05, 0) is 35.4 Å². The van der Waals surface area contributed by atoms with Crippen molar-refractivity contribution in [1.29, 1.82) is 0 Å². The van der Waals surface area contributed by atoms with Gasteiger partial charge in [-0.15, -0.1) is 0 Å². The molecule has 4 rings (SSSR count). The number of nitrogens with one attached hydrogen (secondary N) is 1. The van der Waals surface area contributed by atoms with Crippen LogP contribution in [-0.4, -0.2) is 36.1 Å². The Morgan fingerprint density at radius 1 is 0.958 bits per heavy atom. The van der Waals surface area contributed by atoms with E-state index in [0.717, 1.165) is 42.6 Å². The summed E-state index contributed by atoms with van der Waals surface area (Å²) in [5.41, 5.74) is 3.35. The summed E-state index contributed by atoms with van der Waals surface area (Å²) in [6.07, 6.45) is 1.87. The number of pyridine rings is 1. The zero-order valence-corrected chi connectivity index (χ0v) is 13.5. The van der Waals surface area contributed by atoms with Gasteiger partial charge in [0.15, 0.2) is 0 Å². The third-order valence-corrected chi connectivity index (χ3v) is 4.68. The van der Waals surface area contributed by atoms with E-state index in [1.165, 1.54) is 5.56 Å². The van der Waals surface area contributed by atoms with Crippen LogP contribution in [0, 0.1) is 5.82 Å². The molecule has 2 heterocycles. The van der Waals surface area contributed by atoms with E-state index in [2.05, 4.69) is 27.3 Å². The van der Waals surface area contributed by atoms with Crippen molar-refractivity contribution in [2.75, 3.05) is 26.2 Å². The first-order valence-corrected chi connectivity index (χ1v) is 8.37. The number of benzene rings is 2. The molecule has 4 heteroatoms. The van der Waals surface area contributed by atoms with Crippen LogP contribution >= 0.6 is 0 Å². The number of aromatic nitrogens is 1. The first kappa shape index (κ1) is 15.2. The van der Waals surface area contributed by atoms with Crippen LogP contribution in [0.15, 0.2) is 60.8 Å². The Morgan fingerprint density at radius 3 is 2.50 bits per heavy atom. The van der Waals surface area contributed by atoms with Crippen LogP contribution < -0.4 is 5.32 Å². The normalized spacial score (nSPS) is 17.0. The minimum absolute atomic E-state index is 0.112. The quantitative estimate of drug-likeness (QED) is 0.802. The fraction of sp³-hybridized carbons (Fsp3) is 0.250. The van der Waals surface area contributed by atoms with E-state index in [1.807, 2.05) is 36.5 Å². The lowest BCUT2D eigenvalue weighted by molar-refractivity contribution is 0.199. The summed E-state index contributed by atoms with van der Waals surface area (Å²) in [5.74, 6) is -0.197. The van der Waals surface area contributed by atoms with Crippen LogP contribution in [0.2, 0.25) is 0 Å². The molecule has 1 atom stereocenters. The molecule has 0 spiro atoms. The third kappa shape index (κ3) is 2.90. The molecule has 0 amide bonds. The molecule has 0 aliphatic carbocycles. The van der Waals surface area contributed by atoms with Gasteiger partial charge < -0.3 is 5.32 Å². The van der Waals surface area contributed by atoms with Crippen LogP contribution in [-0.2, 0) is 0 Å². The second-order valence-electron chi connectivity index (χ2n) is 6.16. The van der Waals surface area contributed by atoms with E-state index in [4.69, 9.17) is 0 Å². The molecular formula is C20H20FN3. The highest BCUT2D eigenvalue weighted by Crippen LogP contribution is 2.33. The van der Waals surface area contributed by atoms with Gasteiger partial charge in [0.2, 0.25) is 0 Å². The van der Waals surface area contributed by atoms with E-state index >= 15 is 0 Å². The molecule has 1 saturated heterocycles. The molecule has 3 nitrogen and oxygen atoms in total. The minimum atomic E-state index is -0.197. The van der Waals surface area contributed by atoms with Crippen molar-refractivity contribution in [2.45, 2.75) is 6.04 Å². The molecule has 1 fully saturated rings. The van der Waals surface area contributed by atoms with Crippen molar-refractivity contribution in [2.24, 2.45) is 0 Å². The lowest BCUT2D eigenvalue weighted by atomic mass is 9.94. The van der Waals surface area contributed by atoms with Crippen molar-refractivity contribution >= 4 is 10.9 Å². The molecule has 1 aliphatic heterocycles. The van der Waals surface area contributed by atoms with Crippen LogP contribution in [0.4, 0.5) is 4.39 Å².